The molecule has 0 atom stereocenters. The quantitative estimate of drug-likeness (QED) is 0.789. The minimum atomic E-state index is -0.0566. The molecule has 0 N–H and O–H groups in total. The Morgan fingerprint density at radius 2 is 1.55 bits per heavy atom. The fourth-order valence-electron chi connectivity index (χ4n) is 2.58. The van der Waals surface area contributed by atoms with Gasteiger partial charge in [-0.05, 0) is 24.3 Å². The van der Waals surface area contributed by atoms with Gasteiger partial charge in [-0.2, -0.15) is 0 Å². The van der Waals surface area contributed by atoms with E-state index in [1.54, 1.807) is 12.1 Å². The Kier molecular flexibility index (Phi) is 4.50. The number of nitrogens with zero attached hydrogens (tertiary/aromatic N) is 3. The number of amides is 1. The first-order valence-corrected chi connectivity index (χ1v) is 7.81. The molecule has 1 aliphatic rings. The van der Waals surface area contributed by atoms with E-state index >= 15 is 0 Å². The van der Waals surface area contributed by atoms with Gasteiger partial charge in [-0.15, -0.1) is 0 Å². The molecular weight excluding hydrogens is 321 g/mol. The van der Waals surface area contributed by atoms with Crippen LogP contribution in [0.15, 0.2) is 42.5 Å². The number of hydrogen-bond acceptors (Lipinski definition) is 3. The van der Waals surface area contributed by atoms with E-state index in [0.29, 0.717) is 18.7 Å². The van der Waals surface area contributed by atoms with E-state index in [2.05, 4.69) is 22.0 Å². The maximum Gasteiger partial charge on any atom is 0.254 e. The highest BCUT2D eigenvalue weighted by molar-refractivity contribution is 6.33. The Balaban J connectivity index is 1.67. The van der Waals surface area contributed by atoms with E-state index in [4.69, 9.17) is 23.2 Å². The van der Waals surface area contributed by atoms with Gasteiger partial charge >= 0.3 is 0 Å². The molecule has 3 rings (SSSR count). The van der Waals surface area contributed by atoms with E-state index in [0.717, 1.165) is 13.1 Å². The minimum absolute atomic E-state index is 0.0566. The van der Waals surface area contributed by atoms with Gasteiger partial charge in [0.1, 0.15) is 10.3 Å². The van der Waals surface area contributed by atoms with Gasteiger partial charge in [0, 0.05) is 37.4 Å². The van der Waals surface area contributed by atoms with Crippen molar-refractivity contribution in [3.63, 3.8) is 0 Å². The zero-order valence-electron chi connectivity index (χ0n) is 11.9. The van der Waals surface area contributed by atoms with Crippen LogP contribution in [-0.2, 0) is 0 Å². The minimum Gasteiger partial charge on any atom is -0.368 e. The lowest BCUT2D eigenvalue weighted by Crippen LogP contribution is -2.48. The largest absolute Gasteiger partial charge is 0.368 e. The maximum atomic E-state index is 12.5. The summed E-state index contributed by atoms with van der Waals surface area (Å²) in [4.78, 5) is 20.5. The summed E-state index contributed by atoms with van der Waals surface area (Å²) in [6, 6.07) is 13.3. The van der Waals surface area contributed by atoms with E-state index in [1.165, 1.54) is 5.69 Å². The van der Waals surface area contributed by atoms with Crippen molar-refractivity contribution in [1.82, 2.24) is 9.88 Å². The number of piperazine rings is 1. The van der Waals surface area contributed by atoms with Gasteiger partial charge in [0.05, 0.1) is 0 Å². The summed E-state index contributed by atoms with van der Waals surface area (Å²) in [5, 5.41) is 0.470. The molecule has 6 heteroatoms. The van der Waals surface area contributed by atoms with Crippen LogP contribution in [0, 0.1) is 0 Å². The van der Waals surface area contributed by atoms with Crippen molar-refractivity contribution >= 4 is 34.8 Å². The van der Waals surface area contributed by atoms with Crippen molar-refractivity contribution in [2.45, 2.75) is 0 Å². The van der Waals surface area contributed by atoms with Crippen LogP contribution in [0.5, 0.6) is 0 Å². The van der Waals surface area contributed by atoms with Crippen molar-refractivity contribution in [3.8, 4) is 0 Å². The Morgan fingerprint density at radius 3 is 2.14 bits per heavy atom. The number of carbonyl (C=O) groups excluding carboxylic acids is 1. The van der Waals surface area contributed by atoms with Crippen LogP contribution in [0.1, 0.15) is 10.4 Å². The van der Waals surface area contributed by atoms with E-state index in [-0.39, 0.29) is 16.2 Å². The average Bonchev–Trinajstić information content (AvgIpc) is 2.54. The van der Waals surface area contributed by atoms with Gasteiger partial charge in [-0.3, -0.25) is 4.79 Å². The summed E-state index contributed by atoms with van der Waals surface area (Å²) in [6.45, 7) is 2.96. The Hall–Kier alpha value is -1.78. The second-order valence-corrected chi connectivity index (χ2v) is 5.89. The summed E-state index contributed by atoms with van der Waals surface area (Å²) in [7, 11) is 0. The Labute approximate surface area is 139 Å². The second kappa shape index (κ2) is 6.55. The molecular formula is C16H15Cl2N3O. The van der Waals surface area contributed by atoms with Gasteiger partial charge in [-0.25, -0.2) is 4.98 Å². The first kappa shape index (κ1) is 15.1. The number of rotatable bonds is 2. The Morgan fingerprint density at radius 1 is 0.955 bits per heavy atom. The standard InChI is InChI=1S/C16H15Cl2N3O/c17-14-10-12(11-15(18)19-14)16(22)21-8-6-20(7-9-21)13-4-2-1-3-5-13/h1-5,10-11H,6-9H2. The molecule has 1 aromatic heterocycles. The van der Waals surface area contributed by atoms with Gasteiger partial charge in [0.15, 0.2) is 0 Å². The molecule has 2 heterocycles. The number of pyridine rings is 1. The van der Waals surface area contributed by atoms with Gasteiger partial charge in [-0.1, -0.05) is 41.4 Å². The SMILES string of the molecule is O=C(c1cc(Cl)nc(Cl)c1)N1CCN(c2ccccc2)CC1. The normalized spacial score (nSPS) is 15.0. The lowest BCUT2D eigenvalue weighted by molar-refractivity contribution is 0.0746. The van der Waals surface area contributed by atoms with Crippen molar-refractivity contribution in [2.75, 3.05) is 31.1 Å². The molecule has 0 spiro atoms. The highest BCUT2D eigenvalue weighted by atomic mass is 35.5. The van der Waals surface area contributed by atoms with E-state index in [1.807, 2.05) is 23.1 Å². The molecule has 0 unspecified atom stereocenters. The average molecular weight is 336 g/mol. The summed E-state index contributed by atoms with van der Waals surface area (Å²) in [5.74, 6) is -0.0566. The Bertz CT molecular complexity index is 650. The third-order valence-electron chi connectivity index (χ3n) is 3.70. The monoisotopic (exact) mass is 335 g/mol. The number of carbonyl (C=O) groups is 1. The number of aromatic nitrogens is 1. The molecule has 2 aromatic rings. The van der Waals surface area contributed by atoms with E-state index < -0.39 is 0 Å². The van der Waals surface area contributed by atoms with Gasteiger partial charge in [0.25, 0.3) is 5.91 Å². The predicted octanol–water partition coefficient (Wildman–Crippen LogP) is 3.35. The zero-order chi connectivity index (χ0) is 15.5. The summed E-state index contributed by atoms with van der Waals surface area (Å²) in [6.07, 6.45) is 0. The van der Waals surface area contributed by atoms with Crippen molar-refractivity contribution in [1.29, 1.82) is 0 Å². The first-order valence-electron chi connectivity index (χ1n) is 7.06. The number of anilines is 1. The number of benzene rings is 1. The lowest BCUT2D eigenvalue weighted by Gasteiger charge is -2.36. The summed E-state index contributed by atoms with van der Waals surface area (Å²) < 4.78 is 0. The topological polar surface area (TPSA) is 36.4 Å². The van der Waals surface area contributed by atoms with Gasteiger partial charge < -0.3 is 9.80 Å². The number of halogens is 2. The maximum absolute atomic E-state index is 12.5. The number of para-hydroxylation sites is 1. The molecule has 4 nitrogen and oxygen atoms in total. The third kappa shape index (κ3) is 3.34. The lowest BCUT2D eigenvalue weighted by atomic mass is 10.2. The zero-order valence-corrected chi connectivity index (χ0v) is 13.4. The van der Waals surface area contributed by atoms with Crippen LogP contribution in [0.2, 0.25) is 10.3 Å². The van der Waals surface area contributed by atoms with Crippen molar-refractivity contribution in [2.24, 2.45) is 0 Å². The fraction of sp³-hybridized carbons (Fsp3) is 0.250. The van der Waals surface area contributed by atoms with Crippen molar-refractivity contribution < 1.29 is 4.79 Å². The van der Waals surface area contributed by atoms with Crippen LogP contribution in [0.3, 0.4) is 0 Å². The van der Waals surface area contributed by atoms with Crippen LogP contribution in [-0.4, -0.2) is 42.0 Å². The fourth-order valence-corrected chi connectivity index (χ4v) is 3.04. The predicted molar refractivity (Wildman–Crippen MR) is 88.8 cm³/mol. The molecule has 0 radical (unpaired) electrons. The molecule has 0 bridgehead atoms. The van der Waals surface area contributed by atoms with Gasteiger partial charge in [0.2, 0.25) is 0 Å². The van der Waals surface area contributed by atoms with Crippen LogP contribution >= 0.6 is 23.2 Å². The van der Waals surface area contributed by atoms with Crippen molar-refractivity contribution in [3.05, 3.63) is 58.3 Å². The molecule has 0 saturated carbocycles. The summed E-state index contributed by atoms with van der Waals surface area (Å²) >= 11 is 11.7. The van der Waals surface area contributed by atoms with Crippen LogP contribution < -0.4 is 4.90 Å². The third-order valence-corrected chi connectivity index (χ3v) is 4.09. The summed E-state index contributed by atoms with van der Waals surface area (Å²) in [5.41, 5.74) is 1.67. The highest BCUT2D eigenvalue weighted by Crippen LogP contribution is 2.19. The molecule has 1 aliphatic heterocycles. The van der Waals surface area contributed by atoms with Crippen LogP contribution in [0.25, 0.3) is 0 Å². The second-order valence-electron chi connectivity index (χ2n) is 5.12. The molecule has 1 aromatic carbocycles. The van der Waals surface area contributed by atoms with E-state index in [9.17, 15) is 4.79 Å². The molecule has 1 amide bonds. The molecule has 0 aliphatic carbocycles. The molecule has 1 fully saturated rings. The molecule has 1 saturated heterocycles. The molecule has 114 valence electrons. The number of hydrogen-bond donors (Lipinski definition) is 0. The first-order chi connectivity index (χ1) is 10.6. The molecule has 22 heavy (non-hydrogen) atoms. The smallest absolute Gasteiger partial charge is 0.254 e. The highest BCUT2D eigenvalue weighted by Gasteiger charge is 2.22. The van der Waals surface area contributed by atoms with Crippen LogP contribution in [0.4, 0.5) is 5.69 Å².